The van der Waals surface area contributed by atoms with Crippen LogP contribution in [-0.2, 0) is 13.0 Å². The average molecular weight is 485 g/mol. The monoisotopic (exact) mass is 484 g/mol. The first-order chi connectivity index (χ1) is 16.9. The van der Waals surface area contributed by atoms with Crippen LogP contribution in [0.4, 0.5) is 4.39 Å². The summed E-state index contributed by atoms with van der Waals surface area (Å²) in [5.41, 5.74) is 5.27. The van der Waals surface area contributed by atoms with E-state index in [0.717, 1.165) is 40.2 Å². The van der Waals surface area contributed by atoms with Crippen LogP contribution in [-0.4, -0.2) is 50.2 Å². The number of fused-ring (bicyclic) bond motifs is 1. The summed E-state index contributed by atoms with van der Waals surface area (Å²) < 4.78 is 12.4. The highest BCUT2D eigenvalue weighted by Gasteiger charge is 2.28. The SMILES string of the molecule is C#C/C=C(\C)n1nnc(-c2ccc3c(c2)CN(CCC(C)O)C3=O)c1CC.C=CCF.CC.CC. The molecule has 2 heterocycles. The Labute approximate surface area is 210 Å². The third kappa shape index (κ3) is 8.80. The summed E-state index contributed by atoms with van der Waals surface area (Å²) in [6.45, 7) is 17.5. The second-order valence-corrected chi connectivity index (χ2v) is 7.28. The number of amides is 1. The normalized spacial score (nSPS) is 12.6. The Morgan fingerprint density at radius 2 is 1.97 bits per heavy atom. The molecule has 1 atom stereocenters. The number of benzene rings is 1. The van der Waals surface area contributed by atoms with E-state index in [9.17, 15) is 14.3 Å². The fourth-order valence-electron chi connectivity index (χ4n) is 3.36. The van der Waals surface area contributed by atoms with Crippen LogP contribution in [0.15, 0.2) is 36.9 Å². The Kier molecular flexibility index (Phi) is 15.6. The van der Waals surface area contributed by atoms with E-state index in [4.69, 9.17) is 6.42 Å². The minimum atomic E-state index is -0.418. The lowest BCUT2D eigenvalue weighted by Crippen LogP contribution is -2.27. The summed E-state index contributed by atoms with van der Waals surface area (Å²) in [6.07, 6.45) is 9.15. The minimum Gasteiger partial charge on any atom is -0.393 e. The number of alkyl halides is 1. The number of terminal acetylenes is 1. The molecule has 35 heavy (non-hydrogen) atoms. The van der Waals surface area contributed by atoms with Crippen LogP contribution in [0.5, 0.6) is 0 Å². The van der Waals surface area contributed by atoms with Crippen molar-refractivity contribution in [3.63, 3.8) is 0 Å². The Balaban J connectivity index is 0.00000129. The van der Waals surface area contributed by atoms with Gasteiger partial charge in [0.1, 0.15) is 12.4 Å². The van der Waals surface area contributed by atoms with Gasteiger partial charge in [-0.05, 0) is 44.4 Å². The van der Waals surface area contributed by atoms with E-state index in [0.29, 0.717) is 19.5 Å². The van der Waals surface area contributed by atoms with E-state index >= 15 is 0 Å². The largest absolute Gasteiger partial charge is 0.393 e. The predicted molar refractivity (Wildman–Crippen MR) is 144 cm³/mol. The number of aliphatic hydroxyl groups is 1. The molecule has 0 saturated carbocycles. The van der Waals surface area contributed by atoms with Crippen molar-refractivity contribution in [2.45, 2.75) is 74.0 Å². The molecule has 1 unspecified atom stereocenters. The van der Waals surface area contributed by atoms with Crippen LogP contribution in [0.25, 0.3) is 17.0 Å². The van der Waals surface area contributed by atoms with Crippen LogP contribution >= 0.6 is 0 Å². The van der Waals surface area contributed by atoms with Crippen LogP contribution in [0.3, 0.4) is 0 Å². The van der Waals surface area contributed by atoms with Gasteiger partial charge < -0.3 is 10.0 Å². The van der Waals surface area contributed by atoms with Gasteiger partial charge in [-0.1, -0.05) is 57.9 Å². The molecule has 0 spiro atoms. The molecular formula is C28H41FN4O2. The lowest BCUT2D eigenvalue weighted by atomic mass is 10.0. The zero-order valence-electron chi connectivity index (χ0n) is 22.3. The van der Waals surface area contributed by atoms with E-state index in [-0.39, 0.29) is 5.91 Å². The molecule has 7 heteroatoms. The van der Waals surface area contributed by atoms with Crippen LogP contribution < -0.4 is 0 Å². The first-order valence-corrected chi connectivity index (χ1v) is 12.2. The van der Waals surface area contributed by atoms with Crippen LogP contribution in [0, 0.1) is 12.3 Å². The molecule has 1 N–H and O–H groups in total. The number of allylic oxidation sites excluding steroid dienone is 3. The van der Waals surface area contributed by atoms with Crippen molar-refractivity contribution in [3.05, 3.63) is 53.8 Å². The molecule has 192 valence electrons. The van der Waals surface area contributed by atoms with Crippen molar-refractivity contribution in [1.29, 1.82) is 0 Å². The fourth-order valence-corrected chi connectivity index (χ4v) is 3.36. The van der Waals surface area contributed by atoms with Crippen LogP contribution in [0.2, 0.25) is 0 Å². The first-order valence-electron chi connectivity index (χ1n) is 12.2. The van der Waals surface area contributed by atoms with E-state index in [2.05, 4.69) is 29.7 Å². The van der Waals surface area contributed by atoms with Gasteiger partial charge in [-0.3, -0.25) is 4.79 Å². The molecule has 2 aromatic rings. The molecule has 3 rings (SSSR count). The molecular weight excluding hydrogens is 443 g/mol. The number of carbonyl (C=O) groups excluding carboxylic acids is 1. The highest BCUT2D eigenvalue weighted by Crippen LogP contribution is 2.30. The maximum absolute atomic E-state index is 12.5. The molecule has 1 aliphatic heterocycles. The van der Waals surface area contributed by atoms with Gasteiger partial charge in [0.2, 0.25) is 0 Å². The standard InChI is InChI=1S/C21H24N4O2.C3H5F.2C2H6/c1-5-7-14(3)25-19(6-2)20(22-23-25)16-8-9-18-17(12-16)13-24(21(18)27)11-10-15(4)26;1-2-3-4;2*1-2/h1,7-9,12,15,26H,6,10-11,13H2,2-4H3;2H,1,3H2;2*1-2H3/b14-7+;;;. The second-order valence-electron chi connectivity index (χ2n) is 7.28. The van der Waals surface area contributed by atoms with Crippen molar-refractivity contribution >= 4 is 11.6 Å². The van der Waals surface area contributed by atoms with Crippen molar-refractivity contribution in [2.75, 3.05) is 13.2 Å². The maximum atomic E-state index is 12.5. The summed E-state index contributed by atoms with van der Waals surface area (Å²) in [5, 5.41) is 18.1. The van der Waals surface area contributed by atoms with Crippen molar-refractivity contribution < 1.29 is 14.3 Å². The predicted octanol–water partition coefficient (Wildman–Crippen LogP) is 5.92. The quantitative estimate of drug-likeness (QED) is 0.391. The number of carbonyl (C=O) groups is 1. The number of aromatic nitrogens is 3. The average Bonchev–Trinajstić information content (AvgIpc) is 3.46. The molecule has 0 fully saturated rings. The van der Waals surface area contributed by atoms with E-state index < -0.39 is 12.8 Å². The third-order valence-electron chi connectivity index (χ3n) is 4.91. The van der Waals surface area contributed by atoms with Crippen molar-refractivity contribution in [1.82, 2.24) is 19.9 Å². The summed E-state index contributed by atoms with van der Waals surface area (Å²) in [7, 11) is 0. The van der Waals surface area contributed by atoms with Crippen molar-refractivity contribution in [3.8, 4) is 23.6 Å². The lowest BCUT2D eigenvalue weighted by Gasteiger charge is -2.16. The number of rotatable bonds is 7. The molecule has 1 amide bonds. The Bertz CT molecular complexity index is 1000. The summed E-state index contributed by atoms with van der Waals surface area (Å²) in [5.74, 6) is 2.54. The van der Waals surface area contributed by atoms with Crippen molar-refractivity contribution in [2.24, 2.45) is 0 Å². The summed E-state index contributed by atoms with van der Waals surface area (Å²) >= 11 is 0. The number of aliphatic hydroxyl groups excluding tert-OH is 1. The van der Waals surface area contributed by atoms with E-state index in [1.165, 1.54) is 6.08 Å². The van der Waals surface area contributed by atoms with Gasteiger partial charge in [0.25, 0.3) is 5.91 Å². The molecule has 6 nitrogen and oxygen atoms in total. The molecule has 0 bridgehead atoms. The van der Waals surface area contributed by atoms with Crippen LogP contribution in [0.1, 0.15) is 76.5 Å². The third-order valence-corrected chi connectivity index (χ3v) is 4.91. The zero-order valence-corrected chi connectivity index (χ0v) is 22.3. The minimum absolute atomic E-state index is 0.0179. The molecule has 1 aromatic carbocycles. The van der Waals surface area contributed by atoms with E-state index in [1.807, 2.05) is 52.8 Å². The number of hydrogen-bond acceptors (Lipinski definition) is 4. The molecule has 0 saturated heterocycles. The highest BCUT2D eigenvalue weighted by atomic mass is 19.1. The molecule has 0 aliphatic carbocycles. The summed E-state index contributed by atoms with van der Waals surface area (Å²) in [6, 6.07) is 5.80. The van der Waals surface area contributed by atoms with Gasteiger partial charge in [0.05, 0.1) is 11.8 Å². The van der Waals surface area contributed by atoms with Gasteiger partial charge >= 0.3 is 0 Å². The van der Waals surface area contributed by atoms with Gasteiger partial charge in [-0.2, -0.15) is 0 Å². The van der Waals surface area contributed by atoms with Gasteiger partial charge in [0.15, 0.2) is 0 Å². The number of halogens is 1. The Hall–Kier alpha value is -3.24. The van der Waals surface area contributed by atoms with Gasteiger partial charge in [-0.15, -0.1) is 18.1 Å². The maximum Gasteiger partial charge on any atom is 0.254 e. The van der Waals surface area contributed by atoms with Gasteiger partial charge in [-0.25, -0.2) is 9.07 Å². The Morgan fingerprint density at radius 1 is 1.34 bits per heavy atom. The topological polar surface area (TPSA) is 71.2 Å². The molecule has 0 radical (unpaired) electrons. The van der Waals surface area contributed by atoms with Gasteiger partial charge in [0, 0.05) is 36.0 Å². The molecule has 1 aromatic heterocycles. The summed E-state index contributed by atoms with van der Waals surface area (Å²) in [4.78, 5) is 14.3. The first kappa shape index (κ1) is 31.8. The zero-order chi connectivity index (χ0) is 27.0. The smallest absolute Gasteiger partial charge is 0.254 e. The Morgan fingerprint density at radius 3 is 2.49 bits per heavy atom. The molecule has 1 aliphatic rings. The lowest BCUT2D eigenvalue weighted by molar-refractivity contribution is 0.0748. The second kappa shape index (κ2) is 17.2. The fraction of sp³-hybridized carbons (Fsp3) is 0.464. The number of hydrogen-bond donors (Lipinski definition) is 1. The number of nitrogens with zero attached hydrogens (tertiary/aromatic N) is 4. The van der Waals surface area contributed by atoms with E-state index in [1.54, 1.807) is 22.6 Å². The highest BCUT2D eigenvalue weighted by molar-refractivity contribution is 5.99.